The Labute approximate surface area is 758 Å². The molecule has 0 aliphatic carbocycles. The Hall–Kier alpha value is -12.3. The van der Waals surface area contributed by atoms with Crippen LogP contribution in [0.2, 0.25) is 0 Å². The third-order valence-electron chi connectivity index (χ3n) is 21.9. The van der Waals surface area contributed by atoms with E-state index < -0.39 is 215 Å². The monoisotopic (exact) mass is 1840 g/mol. The minimum atomic E-state index is -2.06. The first kappa shape index (κ1) is 103. The standard InChI is InChI=1S/C88H118N18O22S2/c1-48-16-14-20-59-57(44-93-70(48)59)42-64-77(118)95-60(21-12-13-34-92-50(3)110)75(116)104-73(87(7,8)130-129-86(5,6)72(94-51(4)111)82(123)101-67(47-108)79(120)103-71(49(2)109)81(122)97-64)83(124)98-62(39-52-23-26-58(27-24-52)128-37-32-89)76(117)96-63(40-53-22-25-55-18-10-11-19-56(55)38-53)80(121)105-88(30-35-127-36-31-88)85(126)102-61(28-29-69(113)114)74(115)100-66(46-107)78(119)99-65(41-54-17-15-33-91-43-54)84(125)106(9)45-68(90)112/h10-11,14-20,22-27,33,38,43-44,49,60-67,71-73,93,107-109H,12-13,21,28-32,34-37,39-42,45-47,89H2,1-9H3,(H2,90,112)(H,92,110)(H,94,111)(H,95,118)(H,96,117)(H,97,122)(H,98,124)(H,99,119)(H,100,115)(H,101,123)(H,102,126)(H,103,120)(H,104,116)(H,105,121)(H,113,114)/t49-,60+,61+,62+,63+,64+,65+,66+,67+,71+,72-,73-/m1/s1. The number of carbonyl (C=O) groups is 16. The SMILES string of the molecule is CC(=O)NCCCC[C@@H]1NC(=O)[C@H](Cc2c[nH]c3c(C)cccc23)NC(=O)[C@H]([C@@H](C)O)NC(=O)[C@H](CO)NC(=O)[C@@H](NC(C)=O)C(C)(C)SSC(C)(C)[C@@H](C(=O)N[C@@H](Cc2ccc(OCCN)cc2)C(=O)N[C@@H](Cc2ccc3ccccc3c2)C(=O)NC2(C(=O)N[C@@H](CCC(=O)O)C(=O)N[C@@H](CO)C(=O)N[C@@H](Cc3cccnc3)C(=O)N(C)CC(N)=O)CCOCC2)NC1=O. The van der Waals surface area contributed by atoms with Crippen LogP contribution in [0.4, 0.5) is 0 Å². The minimum Gasteiger partial charge on any atom is -0.492 e. The summed E-state index contributed by atoms with van der Waals surface area (Å²) >= 11 is 0. The molecule has 130 heavy (non-hydrogen) atoms. The summed E-state index contributed by atoms with van der Waals surface area (Å²) < 4.78 is 8.33. The number of amides is 15. The van der Waals surface area contributed by atoms with Crippen molar-refractivity contribution in [2.45, 2.75) is 214 Å². The molecular formula is C88H118N18O22S2. The van der Waals surface area contributed by atoms with Crippen LogP contribution in [-0.4, -0.2) is 277 Å². The number of ether oxygens (including phenoxy) is 2. The van der Waals surface area contributed by atoms with E-state index in [1.54, 1.807) is 85.1 Å². The number of unbranched alkanes of at least 4 members (excludes halogenated alkanes) is 1. The van der Waals surface area contributed by atoms with Crippen LogP contribution in [0.25, 0.3) is 21.7 Å². The predicted molar refractivity (Wildman–Crippen MR) is 480 cm³/mol. The van der Waals surface area contributed by atoms with Crippen LogP contribution in [-0.2, 0) is 107 Å². The van der Waals surface area contributed by atoms with Gasteiger partial charge in [0.05, 0.1) is 25.9 Å². The molecule has 2 fully saturated rings. The van der Waals surface area contributed by atoms with Crippen molar-refractivity contribution in [1.82, 2.24) is 84.0 Å². The summed E-state index contributed by atoms with van der Waals surface area (Å²) in [6.07, 6.45) is -0.399. The van der Waals surface area contributed by atoms with Gasteiger partial charge in [0.25, 0.3) is 0 Å². The third-order valence-corrected chi connectivity index (χ3v) is 26.2. The van der Waals surface area contributed by atoms with E-state index in [1.165, 1.54) is 54.1 Å². The van der Waals surface area contributed by atoms with Crippen LogP contribution in [0, 0.1) is 6.92 Å². The molecule has 40 nitrogen and oxygen atoms in total. The number of H-pyrrole nitrogens is 1. The highest BCUT2D eigenvalue weighted by atomic mass is 33.1. The number of carbonyl (C=O) groups excluding carboxylic acids is 15. The van der Waals surface area contributed by atoms with Crippen LogP contribution < -0.4 is 85.3 Å². The number of aryl methyl sites for hydroxylation is 1. The molecule has 2 saturated heterocycles. The number of nitrogens with one attached hydrogen (secondary N) is 14. The summed E-state index contributed by atoms with van der Waals surface area (Å²) in [5, 5.41) is 79.0. The van der Waals surface area contributed by atoms with Gasteiger partial charge in [-0.2, -0.15) is 0 Å². The first-order valence-corrected chi connectivity index (χ1v) is 44.6. The number of fused-ring (bicyclic) bond motifs is 2. The number of nitrogens with zero attached hydrogens (tertiary/aromatic N) is 2. The molecule has 42 heteroatoms. The molecule has 0 spiro atoms. The van der Waals surface area contributed by atoms with Crippen LogP contribution in [0.5, 0.6) is 5.75 Å². The molecule has 0 saturated carbocycles. The van der Waals surface area contributed by atoms with E-state index in [4.69, 9.17) is 20.9 Å². The summed E-state index contributed by atoms with van der Waals surface area (Å²) in [4.78, 5) is 239. The lowest BCUT2D eigenvalue weighted by Crippen LogP contribution is -2.67. The van der Waals surface area contributed by atoms with Crippen molar-refractivity contribution in [3.8, 4) is 5.75 Å². The number of hydrogen-bond donors (Lipinski definition) is 20. The van der Waals surface area contributed by atoms with Gasteiger partial charge in [-0.25, -0.2) is 0 Å². The number of aromatic nitrogens is 2. The summed E-state index contributed by atoms with van der Waals surface area (Å²) in [6.45, 7) is 8.74. The quantitative estimate of drug-likeness (QED) is 0.0148. The van der Waals surface area contributed by atoms with Gasteiger partial charge in [0.15, 0.2) is 0 Å². The van der Waals surface area contributed by atoms with Crippen molar-refractivity contribution in [3.63, 3.8) is 0 Å². The number of benzene rings is 4. The van der Waals surface area contributed by atoms with E-state index in [0.29, 0.717) is 44.3 Å². The van der Waals surface area contributed by atoms with E-state index in [-0.39, 0.29) is 90.2 Å². The average molecular weight is 1840 g/mol. The van der Waals surface area contributed by atoms with Gasteiger partial charge >= 0.3 is 5.97 Å². The van der Waals surface area contributed by atoms with Crippen LogP contribution >= 0.6 is 21.6 Å². The van der Waals surface area contributed by atoms with Gasteiger partial charge in [-0.15, -0.1) is 0 Å². The number of aromatic amines is 1. The van der Waals surface area contributed by atoms with Gasteiger partial charge in [0, 0.05) is 131 Å². The second-order valence-electron chi connectivity index (χ2n) is 33.2. The molecule has 2 aliphatic heterocycles. The Morgan fingerprint density at radius 1 is 0.654 bits per heavy atom. The van der Waals surface area contributed by atoms with Crippen molar-refractivity contribution in [2.75, 3.05) is 59.7 Å². The molecule has 12 atom stereocenters. The number of carboxylic acid groups (broad SMARTS) is 1. The van der Waals surface area contributed by atoms with Gasteiger partial charge in [0.1, 0.15) is 84.4 Å². The zero-order valence-corrected chi connectivity index (χ0v) is 75.5. The van der Waals surface area contributed by atoms with E-state index in [1.807, 2.05) is 25.1 Å². The largest absolute Gasteiger partial charge is 0.492 e. The molecule has 8 rings (SSSR count). The molecule has 15 amide bonds. The molecule has 0 unspecified atom stereocenters. The Bertz CT molecular complexity index is 5040. The summed E-state index contributed by atoms with van der Waals surface area (Å²) in [5.74, 6) is -15.8. The van der Waals surface area contributed by atoms with Crippen molar-refractivity contribution in [1.29, 1.82) is 0 Å². The number of hydrogen-bond acceptors (Lipinski definition) is 25. The normalized spacial score (nSPS) is 19.8. The maximum Gasteiger partial charge on any atom is 0.303 e. The van der Waals surface area contributed by atoms with Crippen molar-refractivity contribution in [3.05, 3.63) is 143 Å². The number of aliphatic hydroxyl groups is 3. The van der Waals surface area contributed by atoms with Crippen molar-refractivity contribution in [2.24, 2.45) is 11.5 Å². The molecule has 704 valence electrons. The number of pyridine rings is 1. The van der Waals surface area contributed by atoms with Gasteiger partial charge in [-0.3, -0.25) is 81.7 Å². The van der Waals surface area contributed by atoms with Gasteiger partial charge in [0.2, 0.25) is 88.6 Å². The molecule has 2 aromatic heterocycles. The minimum absolute atomic E-state index is 0.109. The number of primary amides is 1. The number of para-hydroxylation sites is 1. The highest BCUT2D eigenvalue weighted by Crippen LogP contribution is 2.47. The number of likely N-dealkylation sites (N-methyl/N-ethyl adjacent to an activating group) is 1. The van der Waals surface area contributed by atoms with Gasteiger partial charge < -0.3 is 120 Å². The number of carboxylic acids is 1. The maximum atomic E-state index is 16.3. The fraction of sp³-hybridized carbons (Fsp3) is 0.489. The molecule has 0 radical (unpaired) electrons. The van der Waals surface area contributed by atoms with E-state index in [9.17, 15) is 68.4 Å². The highest BCUT2D eigenvalue weighted by molar-refractivity contribution is 8.77. The first-order valence-electron chi connectivity index (χ1n) is 42.5. The molecule has 4 heterocycles. The maximum absolute atomic E-state index is 16.3. The summed E-state index contributed by atoms with van der Waals surface area (Å²) in [6, 6.07) is 8.19. The molecule has 4 aromatic carbocycles. The second kappa shape index (κ2) is 48.3. The lowest BCUT2D eigenvalue weighted by atomic mass is 9.87. The fourth-order valence-corrected chi connectivity index (χ4v) is 17.5. The lowest BCUT2D eigenvalue weighted by molar-refractivity contribution is -0.142. The van der Waals surface area contributed by atoms with Gasteiger partial charge in [-0.05, 0) is 124 Å². The van der Waals surface area contributed by atoms with Crippen LogP contribution in [0.15, 0.2) is 116 Å². The molecule has 22 N–H and O–H groups in total. The van der Waals surface area contributed by atoms with Gasteiger partial charge in [-0.1, -0.05) is 100 Å². The fourth-order valence-electron chi connectivity index (χ4n) is 14.7. The zero-order chi connectivity index (χ0) is 95.3. The number of rotatable bonds is 38. The topological polar surface area (TPSA) is 613 Å². The Balaban J connectivity index is 1.21. The first-order chi connectivity index (χ1) is 61.6. The Morgan fingerprint density at radius 2 is 1.27 bits per heavy atom. The Morgan fingerprint density at radius 3 is 1.92 bits per heavy atom. The second-order valence-corrected chi connectivity index (χ2v) is 36.6. The number of nitrogens with two attached hydrogens (primary N) is 2. The predicted octanol–water partition coefficient (Wildman–Crippen LogP) is -1.92. The van der Waals surface area contributed by atoms with Crippen molar-refractivity contribution < 1.29 is 107 Å². The summed E-state index contributed by atoms with van der Waals surface area (Å²) in [7, 11) is 3.08. The summed E-state index contributed by atoms with van der Waals surface area (Å²) in [5.41, 5.74) is 12.3. The smallest absolute Gasteiger partial charge is 0.303 e. The average Bonchev–Trinajstić information content (AvgIpc) is 1.58. The highest BCUT2D eigenvalue weighted by Gasteiger charge is 2.48. The van der Waals surface area contributed by atoms with Crippen molar-refractivity contribution >= 4 is 138 Å². The zero-order valence-electron chi connectivity index (χ0n) is 73.8. The van der Waals surface area contributed by atoms with E-state index in [0.717, 1.165) is 51.3 Å². The van der Waals surface area contributed by atoms with E-state index >= 15 is 28.8 Å². The lowest BCUT2D eigenvalue weighted by Gasteiger charge is -2.39. The third kappa shape index (κ3) is 29.9. The number of aliphatic carboxylic acids is 1. The molecule has 0 bridgehead atoms. The number of aliphatic hydroxyl groups excluding tert-OH is 3. The Kier molecular flexibility index (Phi) is 38.3. The van der Waals surface area contributed by atoms with Crippen LogP contribution in [0.3, 0.4) is 0 Å². The molecule has 2 aliphatic rings. The van der Waals surface area contributed by atoms with E-state index in [2.05, 4.69) is 79.1 Å². The molecular weight excluding hydrogens is 1730 g/mol. The van der Waals surface area contributed by atoms with Crippen LogP contribution in [0.1, 0.15) is 121 Å². The molecule has 6 aromatic rings.